The van der Waals surface area contributed by atoms with Crippen LogP contribution in [0.4, 0.5) is 0 Å². The highest BCUT2D eigenvalue weighted by molar-refractivity contribution is 5.92. The minimum absolute atomic E-state index is 0.245. The van der Waals surface area contributed by atoms with Crippen LogP contribution in [0.25, 0.3) is 22.2 Å². The fraction of sp³-hybridized carbons (Fsp3) is 0.674. The van der Waals surface area contributed by atoms with E-state index in [1.807, 2.05) is 24.3 Å². The van der Waals surface area contributed by atoms with Gasteiger partial charge in [0.15, 0.2) is 36.1 Å². The predicted molar refractivity (Wildman–Crippen MR) is 220 cm³/mol. The summed E-state index contributed by atoms with van der Waals surface area (Å²) in [5.74, 6) is 2.45. The average Bonchev–Trinajstić information content (AvgIpc) is 3.23. The number of unbranched alkanes of at least 4 members (excludes halogenated alkanes) is 11. The Kier molecular flexibility index (Phi) is 16.9. The Balaban J connectivity index is 1.37. The topological polar surface area (TPSA) is 95.8 Å². The van der Waals surface area contributed by atoms with Crippen LogP contribution in [0.3, 0.4) is 0 Å². The molecule has 0 saturated carbocycles. The van der Waals surface area contributed by atoms with Crippen LogP contribution < -0.4 is 29.1 Å². The lowest BCUT2D eigenvalue weighted by Crippen LogP contribution is -2.29. The second-order valence-corrected chi connectivity index (χ2v) is 15.7. The van der Waals surface area contributed by atoms with Gasteiger partial charge in [0.2, 0.25) is 5.43 Å². The summed E-state index contributed by atoms with van der Waals surface area (Å²) >= 11 is 0. The standard InChI is InChI=1S/C46H67NO9/c1-4-5-6-7-8-9-10-11-12-13-14-18-27-47-36-32-35(49-2)33-39(55-41-23-16-20-29-52-41)43(36)45(48)46(56-42-24-17-21-30-53-42)44(47)34-25-26-37(38(31-34)50-3)54-40-22-15-19-28-51-40/h25-26,31-33,40-42H,4-24,27-30H2,1-3H3. The number of hydrogen-bond donors (Lipinski definition) is 0. The SMILES string of the molecule is CCCCCCCCCCCCCCn1c(-c2ccc(OC3CCCCO3)c(OC)c2)c(OC2CCCCO2)c(=O)c2c(OC3CCCCO3)cc(OC)cc21. The molecule has 0 radical (unpaired) electrons. The third kappa shape index (κ3) is 11.6. The molecule has 3 aliphatic heterocycles. The minimum atomic E-state index is -0.537. The average molecular weight is 778 g/mol. The van der Waals surface area contributed by atoms with Gasteiger partial charge in [-0.2, -0.15) is 0 Å². The molecule has 3 atom stereocenters. The lowest BCUT2D eigenvalue weighted by atomic mass is 10.0. The number of methoxy groups -OCH3 is 2. The second-order valence-electron chi connectivity index (χ2n) is 15.7. The molecular formula is C46H67NO9. The first kappa shape index (κ1) is 42.1. The molecule has 3 aliphatic rings. The molecule has 3 saturated heterocycles. The number of aryl methyl sites for hydroxylation is 1. The van der Waals surface area contributed by atoms with Crippen molar-refractivity contribution < 1.29 is 37.9 Å². The van der Waals surface area contributed by atoms with Crippen molar-refractivity contribution in [1.82, 2.24) is 4.57 Å². The maximum atomic E-state index is 15.0. The summed E-state index contributed by atoms with van der Waals surface area (Å²) < 4.78 is 51.5. The van der Waals surface area contributed by atoms with E-state index in [0.717, 1.165) is 75.3 Å². The monoisotopic (exact) mass is 777 g/mol. The summed E-state index contributed by atoms with van der Waals surface area (Å²) in [5, 5.41) is 0.454. The molecule has 0 amide bonds. The largest absolute Gasteiger partial charge is 0.497 e. The zero-order valence-electron chi connectivity index (χ0n) is 34.4. The Morgan fingerprint density at radius 2 is 1.16 bits per heavy atom. The van der Waals surface area contributed by atoms with E-state index in [-0.39, 0.29) is 17.5 Å². The van der Waals surface area contributed by atoms with Crippen LogP contribution in [0.5, 0.6) is 28.7 Å². The van der Waals surface area contributed by atoms with Crippen molar-refractivity contribution in [2.24, 2.45) is 0 Å². The van der Waals surface area contributed by atoms with Crippen molar-refractivity contribution in [3.63, 3.8) is 0 Å². The van der Waals surface area contributed by atoms with Gasteiger partial charge in [0.25, 0.3) is 0 Å². The molecule has 3 aromatic rings. The van der Waals surface area contributed by atoms with E-state index in [9.17, 15) is 0 Å². The molecule has 3 fully saturated rings. The lowest BCUT2D eigenvalue weighted by Gasteiger charge is -2.28. The van der Waals surface area contributed by atoms with Crippen LogP contribution in [0.2, 0.25) is 0 Å². The summed E-state index contributed by atoms with van der Waals surface area (Å²) in [6.07, 6.45) is 22.1. The molecule has 0 N–H and O–H groups in total. The van der Waals surface area contributed by atoms with Crippen molar-refractivity contribution in [3.8, 4) is 40.0 Å². The van der Waals surface area contributed by atoms with Crippen molar-refractivity contribution >= 4 is 10.9 Å². The van der Waals surface area contributed by atoms with Gasteiger partial charge >= 0.3 is 0 Å². The van der Waals surface area contributed by atoms with E-state index in [2.05, 4.69) is 11.5 Å². The molecule has 3 unspecified atom stereocenters. The highest BCUT2D eigenvalue weighted by atomic mass is 16.7. The van der Waals surface area contributed by atoms with E-state index >= 15 is 4.79 Å². The fourth-order valence-electron chi connectivity index (χ4n) is 8.17. The van der Waals surface area contributed by atoms with Crippen LogP contribution in [-0.4, -0.2) is 57.5 Å². The number of pyridine rings is 1. The van der Waals surface area contributed by atoms with E-state index in [1.54, 1.807) is 20.3 Å². The van der Waals surface area contributed by atoms with Crippen LogP contribution in [0.15, 0.2) is 35.1 Å². The van der Waals surface area contributed by atoms with Gasteiger partial charge in [0.05, 0.1) is 50.6 Å². The molecule has 6 rings (SSSR count). The molecule has 0 aliphatic carbocycles. The van der Waals surface area contributed by atoms with Crippen molar-refractivity contribution in [1.29, 1.82) is 0 Å². The van der Waals surface area contributed by atoms with Gasteiger partial charge < -0.3 is 42.5 Å². The third-order valence-electron chi connectivity index (χ3n) is 11.4. The lowest BCUT2D eigenvalue weighted by molar-refractivity contribution is -0.107. The smallest absolute Gasteiger partial charge is 0.235 e. The number of nitrogens with zero attached hydrogens (tertiary/aromatic N) is 1. The van der Waals surface area contributed by atoms with Crippen LogP contribution >= 0.6 is 0 Å². The van der Waals surface area contributed by atoms with Gasteiger partial charge in [-0.25, -0.2) is 0 Å². The van der Waals surface area contributed by atoms with E-state index in [1.165, 1.54) is 64.2 Å². The number of aromatic nitrogens is 1. The molecular weight excluding hydrogens is 711 g/mol. The van der Waals surface area contributed by atoms with E-state index in [0.29, 0.717) is 66.9 Å². The first-order valence-corrected chi connectivity index (χ1v) is 21.9. The van der Waals surface area contributed by atoms with Gasteiger partial charge in [0, 0.05) is 43.5 Å². The van der Waals surface area contributed by atoms with Crippen molar-refractivity contribution in [2.45, 2.75) is 167 Å². The molecule has 4 heterocycles. The summed E-state index contributed by atoms with van der Waals surface area (Å²) in [5.41, 5.74) is 1.93. The summed E-state index contributed by atoms with van der Waals surface area (Å²) in [6, 6.07) is 9.60. The van der Waals surface area contributed by atoms with Crippen LogP contribution in [-0.2, 0) is 20.8 Å². The van der Waals surface area contributed by atoms with Gasteiger partial charge in [-0.3, -0.25) is 4.79 Å². The quantitative estimate of drug-likeness (QED) is 0.0924. The number of fused-ring (bicyclic) bond motifs is 1. The molecule has 0 spiro atoms. The summed E-state index contributed by atoms with van der Waals surface area (Å²) in [4.78, 5) is 15.0. The third-order valence-corrected chi connectivity index (χ3v) is 11.4. The van der Waals surface area contributed by atoms with E-state index in [4.69, 9.17) is 37.9 Å². The van der Waals surface area contributed by atoms with Gasteiger partial charge in [-0.1, -0.05) is 77.6 Å². The Hall–Kier alpha value is -3.47. The number of rotatable bonds is 22. The molecule has 310 valence electrons. The molecule has 1 aromatic heterocycles. The number of ether oxygens (including phenoxy) is 8. The Labute approximate surface area is 334 Å². The molecule has 0 bridgehead atoms. The molecule has 2 aromatic carbocycles. The Morgan fingerprint density at radius 1 is 0.607 bits per heavy atom. The van der Waals surface area contributed by atoms with Crippen molar-refractivity contribution in [2.75, 3.05) is 34.0 Å². The summed E-state index contributed by atoms with van der Waals surface area (Å²) in [6.45, 7) is 4.83. The predicted octanol–water partition coefficient (Wildman–Crippen LogP) is 11.1. The number of benzene rings is 2. The highest BCUT2D eigenvalue weighted by Crippen LogP contribution is 2.41. The second kappa shape index (κ2) is 22.5. The number of hydrogen-bond acceptors (Lipinski definition) is 9. The van der Waals surface area contributed by atoms with Gasteiger partial charge in [0.1, 0.15) is 11.5 Å². The van der Waals surface area contributed by atoms with Gasteiger partial charge in [-0.05, 0) is 63.1 Å². The Bertz CT molecular complexity index is 1690. The highest BCUT2D eigenvalue weighted by Gasteiger charge is 2.29. The fourth-order valence-corrected chi connectivity index (χ4v) is 8.17. The first-order chi connectivity index (χ1) is 27.6. The van der Waals surface area contributed by atoms with Crippen LogP contribution in [0.1, 0.15) is 142 Å². The minimum Gasteiger partial charge on any atom is -0.497 e. The van der Waals surface area contributed by atoms with E-state index < -0.39 is 12.6 Å². The van der Waals surface area contributed by atoms with Crippen molar-refractivity contribution in [3.05, 3.63) is 40.6 Å². The maximum Gasteiger partial charge on any atom is 0.235 e. The summed E-state index contributed by atoms with van der Waals surface area (Å²) in [7, 11) is 3.29. The van der Waals surface area contributed by atoms with Gasteiger partial charge in [-0.15, -0.1) is 0 Å². The Morgan fingerprint density at radius 3 is 1.70 bits per heavy atom. The first-order valence-electron chi connectivity index (χ1n) is 21.9. The molecule has 10 heteroatoms. The maximum absolute atomic E-state index is 15.0. The van der Waals surface area contributed by atoms with Crippen LogP contribution in [0, 0.1) is 0 Å². The zero-order valence-corrected chi connectivity index (χ0v) is 34.4. The zero-order chi connectivity index (χ0) is 39.0. The normalized spacial score (nSPS) is 20.2. The molecule has 56 heavy (non-hydrogen) atoms. The molecule has 10 nitrogen and oxygen atoms in total.